The van der Waals surface area contributed by atoms with Crippen LogP contribution in [-0.4, -0.2) is 41.9 Å². The summed E-state index contributed by atoms with van der Waals surface area (Å²) in [5, 5.41) is 12.0. The Balaban J connectivity index is 1.63. The van der Waals surface area contributed by atoms with Gasteiger partial charge >= 0.3 is 5.97 Å². The second kappa shape index (κ2) is 9.90. The SMILES string of the molecule is CN(Cc1ccccc1)C(=O)c1ccccc1C(=O)OCC(=O)NC1(C#N)CCCC1. The number of hydrogen-bond donors (Lipinski definition) is 1. The summed E-state index contributed by atoms with van der Waals surface area (Å²) in [7, 11) is 1.66. The van der Waals surface area contributed by atoms with Crippen LogP contribution in [0.1, 0.15) is 52.0 Å². The summed E-state index contributed by atoms with van der Waals surface area (Å²) in [5.74, 6) is -1.61. The van der Waals surface area contributed by atoms with Gasteiger partial charge in [-0.15, -0.1) is 0 Å². The fourth-order valence-corrected chi connectivity index (χ4v) is 3.74. The third kappa shape index (κ3) is 5.48. The van der Waals surface area contributed by atoms with Crippen molar-refractivity contribution >= 4 is 17.8 Å². The predicted octanol–water partition coefficient (Wildman–Crippen LogP) is 3.07. The maximum absolute atomic E-state index is 12.9. The molecule has 2 aromatic rings. The Bertz CT molecular complexity index is 991. The zero-order valence-corrected chi connectivity index (χ0v) is 17.5. The number of rotatable bonds is 7. The van der Waals surface area contributed by atoms with Crippen LogP contribution in [0.3, 0.4) is 0 Å². The first-order valence-corrected chi connectivity index (χ1v) is 10.2. The number of carbonyl (C=O) groups excluding carboxylic acids is 3. The molecule has 0 radical (unpaired) electrons. The molecule has 0 unspecified atom stereocenters. The minimum absolute atomic E-state index is 0.0936. The third-order valence-electron chi connectivity index (χ3n) is 5.37. The summed E-state index contributed by atoms with van der Waals surface area (Å²) in [4.78, 5) is 39.3. The normalized spacial score (nSPS) is 14.3. The average Bonchev–Trinajstić information content (AvgIpc) is 3.26. The maximum Gasteiger partial charge on any atom is 0.339 e. The maximum atomic E-state index is 12.9. The minimum Gasteiger partial charge on any atom is -0.452 e. The Kier molecular flexibility index (Phi) is 7.03. The van der Waals surface area contributed by atoms with Gasteiger partial charge in [-0.2, -0.15) is 5.26 Å². The molecule has 160 valence electrons. The number of nitriles is 1. The van der Waals surface area contributed by atoms with Gasteiger partial charge in [0.15, 0.2) is 6.61 Å². The van der Waals surface area contributed by atoms with Crippen molar-refractivity contribution in [3.8, 4) is 6.07 Å². The topological polar surface area (TPSA) is 99.5 Å². The van der Waals surface area contributed by atoms with E-state index >= 15 is 0 Å². The zero-order chi connectivity index (χ0) is 22.3. The summed E-state index contributed by atoms with van der Waals surface area (Å²) >= 11 is 0. The molecule has 1 aliphatic carbocycles. The van der Waals surface area contributed by atoms with Gasteiger partial charge in [0.1, 0.15) is 5.54 Å². The summed E-state index contributed by atoms with van der Waals surface area (Å²) in [6.07, 6.45) is 2.93. The highest BCUT2D eigenvalue weighted by molar-refractivity contribution is 6.05. The van der Waals surface area contributed by atoms with Crippen LogP contribution in [-0.2, 0) is 16.1 Å². The lowest BCUT2D eigenvalue weighted by Gasteiger charge is -2.22. The summed E-state index contributed by atoms with van der Waals surface area (Å²) in [5.41, 5.74) is 0.387. The number of amides is 2. The van der Waals surface area contributed by atoms with E-state index in [-0.39, 0.29) is 17.0 Å². The van der Waals surface area contributed by atoms with E-state index in [2.05, 4.69) is 11.4 Å². The molecule has 0 atom stereocenters. The molecule has 7 heteroatoms. The number of benzene rings is 2. The van der Waals surface area contributed by atoms with Crippen molar-refractivity contribution in [2.45, 2.75) is 37.8 Å². The van der Waals surface area contributed by atoms with E-state index in [4.69, 9.17) is 4.74 Å². The molecule has 7 nitrogen and oxygen atoms in total. The minimum atomic E-state index is -0.877. The van der Waals surface area contributed by atoms with Crippen LogP contribution >= 0.6 is 0 Å². The van der Waals surface area contributed by atoms with Crippen molar-refractivity contribution in [2.75, 3.05) is 13.7 Å². The Labute approximate surface area is 181 Å². The number of ether oxygens (including phenoxy) is 1. The van der Waals surface area contributed by atoms with E-state index in [0.717, 1.165) is 18.4 Å². The molecule has 1 aliphatic rings. The van der Waals surface area contributed by atoms with Gasteiger partial charge in [-0.1, -0.05) is 42.5 Å². The standard InChI is InChI=1S/C24H25N3O4/c1-27(15-18-9-3-2-4-10-18)22(29)19-11-5-6-12-20(19)23(30)31-16-21(28)26-24(17-25)13-7-8-14-24/h2-6,9-12H,7-8,13-16H2,1H3,(H,26,28). The molecule has 2 amide bonds. The van der Waals surface area contributed by atoms with Crippen molar-refractivity contribution in [1.82, 2.24) is 10.2 Å². The van der Waals surface area contributed by atoms with Crippen LogP contribution in [0.2, 0.25) is 0 Å². The lowest BCUT2D eigenvalue weighted by atomic mass is 10.00. The molecule has 0 aromatic heterocycles. The van der Waals surface area contributed by atoms with E-state index < -0.39 is 24.0 Å². The van der Waals surface area contributed by atoms with Gasteiger partial charge in [0.25, 0.3) is 11.8 Å². The third-order valence-corrected chi connectivity index (χ3v) is 5.37. The van der Waals surface area contributed by atoms with E-state index in [1.54, 1.807) is 25.2 Å². The van der Waals surface area contributed by atoms with Crippen molar-refractivity contribution in [2.24, 2.45) is 0 Å². The molecule has 0 spiro atoms. The summed E-state index contributed by atoms with van der Waals surface area (Å²) < 4.78 is 5.15. The molecule has 31 heavy (non-hydrogen) atoms. The van der Waals surface area contributed by atoms with E-state index in [1.165, 1.54) is 11.0 Å². The fourth-order valence-electron chi connectivity index (χ4n) is 3.74. The number of nitrogens with one attached hydrogen (secondary N) is 1. The zero-order valence-electron chi connectivity index (χ0n) is 17.5. The molecule has 0 heterocycles. The average molecular weight is 419 g/mol. The number of esters is 1. The monoisotopic (exact) mass is 419 g/mol. The Morgan fingerprint density at radius 3 is 2.29 bits per heavy atom. The number of nitrogens with zero attached hydrogens (tertiary/aromatic N) is 2. The van der Waals surface area contributed by atoms with Gasteiger partial charge in [0, 0.05) is 13.6 Å². The quantitative estimate of drug-likeness (QED) is 0.696. The van der Waals surface area contributed by atoms with Crippen molar-refractivity contribution < 1.29 is 19.1 Å². The second-order valence-electron chi connectivity index (χ2n) is 7.72. The number of hydrogen-bond acceptors (Lipinski definition) is 5. The van der Waals surface area contributed by atoms with Gasteiger partial charge < -0.3 is 15.0 Å². The second-order valence-corrected chi connectivity index (χ2v) is 7.72. The first-order chi connectivity index (χ1) is 14.9. The molecule has 2 aromatic carbocycles. The van der Waals surface area contributed by atoms with Crippen LogP contribution in [0.4, 0.5) is 0 Å². The molecule has 1 fully saturated rings. The van der Waals surface area contributed by atoms with Gasteiger partial charge in [0.2, 0.25) is 0 Å². The molecule has 0 bridgehead atoms. The first kappa shape index (κ1) is 22.0. The first-order valence-electron chi connectivity index (χ1n) is 10.2. The number of carbonyl (C=O) groups is 3. The van der Waals surface area contributed by atoms with Crippen LogP contribution in [0.5, 0.6) is 0 Å². The van der Waals surface area contributed by atoms with Crippen LogP contribution in [0.25, 0.3) is 0 Å². The lowest BCUT2D eigenvalue weighted by Crippen LogP contribution is -2.46. The highest BCUT2D eigenvalue weighted by atomic mass is 16.5. The highest BCUT2D eigenvalue weighted by Crippen LogP contribution is 2.28. The molecular weight excluding hydrogens is 394 g/mol. The van der Waals surface area contributed by atoms with Gasteiger partial charge in [-0.05, 0) is 43.4 Å². The summed E-state index contributed by atoms with van der Waals surface area (Å²) in [6.45, 7) is -0.119. The Morgan fingerprint density at radius 1 is 1.03 bits per heavy atom. The Morgan fingerprint density at radius 2 is 1.65 bits per heavy atom. The molecule has 0 saturated heterocycles. The van der Waals surface area contributed by atoms with E-state index in [1.807, 2.05) is 30.3 Å². The van der Waals surface area contributed by atoms with Crippen LogP contribution in [0, 0.1) is 11.3 Å². The fraction of sp³-hybridized carbons (Fsp3) is 0.333. The van der Waals surface area contributed by atoms with Crippen molar-refractivity contribution in [3.63, 3.8) is 0 Å². The molecule has 0 aliphatic heterocycles. The smallest absolute Gasteiger partial charge is 0.339 e. The summed E-state index contributed by atoms with van der Waals surface area (Å²) in [6, 6.07) is 18.0. The Hall–Kier alpha value is -3.66. The molecule has 1 saturated carbocycles. The van der Waals surface area contributed by atoms with E-state index in [9.17, 15) is 19.6 Å². The molecular formula is C24H25N3O4. The lowest BCUT2D eigenvalue weighted by molar-refractivity contribution is -0.125. The van der Waals surface area contributed by atoms with Crippen LogP contribution < -0.4 is 5.32 Å². The van der Waals surface area contributed by atoms with Gasteiger partial charge in [0.05, 0.1) is 17.2 Å². The predicted molar refractivity (Wildman–Crippen MR) is 114 cm³/mol. The van der Waals surface area contributed by atoms with Crippen LogP contribution in [0.15, 0.2) is 54.6 Å². The molecule has 3 rings (SSSR count). The highest BCUT2D eigenvalue weighted by Gasteiger charge is 2.35. The largest absolute Gasteiger partial charge is 0.452 e. The van der Waals surface area contributed by atoms with Gasteiger partial charge in [-0.25, -0.2) is 4.79 Å². The van der Waals surface area contributed by atoms with Crippen molar-refractivity contribution in [1.29, 1.82) is 5.26 Å². The van der Waals surface area contributed by atoms with Crippen molar-refractivity contribution in [3.05, 3.63) is 71.3 Å². The van der Waals surface area contributed by atoms with Gasteiger partial charge in [-0.3, -0.25) is 9.59 Å². The molecule has 1 N–H and O–H groups in total. The van der Waals surface area contributed by atoms with E-state index in [0.29, 0.717) is 19.4 Å².